The third kappa shape index (κ3) is 5.11. The molecule has 0 saturated carbocycles. The van der Waals surface area contributed by atoms with Crippen molar-refractivity contribution in [1.82, 2.24) is 15.0 Å². The number of carbonyl (C=O) groups is 2. The van der Waals surface area contributed by atoms with Crippen molar-refractivity contribution < 1.29 is 19.1 Å². The average molecular weight is 443 g/mol. The molecule has 0 saturated heterocycles. The lowest BCUT2D eigenvalue weighted by molar-refractivity contribution is -0.121. The van der Waals surface area contributed by atoms with Gasteiger partial charge in [0, 0.05) is 40.3 Å². The zero-order chi connectivity index (χ0) is 22.3. The Balaban J connectivity index is 1.71. The highest BCUT2D eigenvalue weighted by Gasteiger charge is 2.11. The Morgan fingerprint density at radius 1 is 0.750 bits per heavy atom. The Bertz CT molecular complexity index is 1300. The fraction of sp³-hybridized carbons (Fsp3) is 0.0417. The number of ether oxygens (including phenoxy) is 2. The number of thiophene rings is 1. The number of aryl methyl sites for hydroxylation is 1. The summed E-state index contributed by atoms with van der Waals surface area (Å²) in [5.41, 5.74) is 2.95. The number of aromatic nitrogens is 3. The van der Waals surface area contributed by atoms with Crippen molar-refractivity contribution in [2.75, 3.05) is 0 Å². The molecule has 0 aliphatic carbocycles. The van der Waals surface area contributed by atoms with Gasteiger partial charge < -0.3 is 9.47 Å². The molecule has 0 fully saturated rings. The SMILES string of the molecule is Cc1ccc(/C=C/c2ccnc(-c3cc(OC=O)cc(-c4cc(OC=O)ccn4)n3)c2)s1. The van der Waals surface area contributed by atoms with Gasteiger partial charge >= 0.3 is 0 Å². The summed E-state index contributed by atoms with van der Waals surface area (Å²) in [5, 5.41) is 0. The molecule has 8 heteroatoms. The predicted octanol–water partition coefficient (Wildman–Crippen LogP) is 4.82. The molecule has 0 radical (unpaired) electrons. The first kappa shape index (κ1) is 21.1. The molecule has 0 aromatic carbocycles. The van der Waals surface area contributed by atoms with Gasteiger partial charge in [0.2, 0.25) is 0 Å². The molecule has 0 atom stereocenters. The van der Waals surface area contributed by atoms with Crippen LogP contribution < -0.4 is 9.47 Å². The molecule has 0 bridgehead atoms. The lowest BCUT2D eigenvalue weighted by Gasteiger charge is -2.08. The van der Waals surface area contributed by atoms with E-state index in [2.05, 4.69) is 34.0 Å². The Labute approximate surface area is 188 Å². The molecular weight excluding hydrogens is 426 g/mol. The van der Waals surface area contributed by atoms with Crippen molar-refractivity contribution in [1.29, 1.82) is 0 Å². The molecule has 0 aliphatic heterocycles. The van der Waals surface area contributed by atoms with Crippen LogP contribution >= 0.6 is 11.3 Å². The maximum absolute atomic E-state index is 10.9. The van der Waals surface area contributed by atoms with Gasteiger partial charge in [0.1, 0.15) is 11.5 Å². The van der Waals surface area contributed by atoms with Crippen LogP contribution in [-0.4, -0.2) is 27.9 Å². The number of pyridine rings is 3. The minimum Gasteiger partial charge on any atom is -0.429 e. The van der Waals surface area contributed by atoms with Crippen molar-refractivity contribution in [2.45, 2.75) is 6.92 Å². The number of carbonyl (C=O) groups excluding carboxylic acids is 2. The highest BCUT2D eigenvalue weighted by Crippen LogP contribution is 2.28. The van der Waals surface area contributed by atoms with Crippen molar-refractivity contribution in [2.24, 2.45) is 0 Å². The molecule has 4 aromatic rings. The molecule has 4 aromatic heterocycles. The van der Waals surface area contributed by atoms with Crippen LogP contribution in [0.4, 0.5) is 0 Å². The fourth-order valence-corrected chi connectivity index (χ4v) is 3.76. The normalized spacial score (nSPS) is 10.8. The lowest BCUT2D eigenvalue weighted by atomic mass is 10.1. The third-order valence-corrected chi connectivity index (χ3v) is 5.37. The van der Waals surface area contributed by atoms with Crippen LogP contribution in [0.5, 0.6) is 11.5 Å². The maximum Gasteiger partial charge on any atom is 0.298 e. The van der Waals surface area contributed by atoms with Crippen LogP contribution in [0.1, 0.15) is 15.3 Å². The first-order valence-corrected chi connectivity index (χ1v) is 10.4. The van der Waals surface area contributed by atoms with E-state index in [0.717, 1.165) is 10.4 Å². The van der Waals surface area contributed by atoms with E-state index in [4.69, 9.17) is 9.47 Å². The molecule has 0 unspecified atom stereocenters. The van der Waals surface area contributed by atoms with Gasteiger partial charge in [-0.3, -0.25) is 19.6 Å². The number of hydrogen-bond acceptors (Lipinski definition) is 8. The monoisotopic (exact) mass is 443 g/mol. The molecule has 4 rings (SSSR count). The first-order valence-electron chi connectivity index (χ1n) is 9.54. The van der Waals surface area contributed by atoms with Crippen molar-refractivity contribution in [3.8, 4) is 34.3 Å². The van der Waals surface area contributed by atoms with E-state index in [1.807, 2.05) is 24.3 Å². The minimum atomic E-state index is 0.292. The Kier molecular flexibility index (Phi) is 6.43. The summed E-state index contributed by atoms with van der Waals surface area (Å²) in [5.74, 6) is 0.615. The summed E-state index contributed by atoms with van der Waals surface area (Å²) in [6, 6.07) is 14.3. The summed E-state index contributed by atoms with van der Waals surface area (Å²) in [7, 11) is 0. The number of nitrogens with zero attached hydrogens (tertiary/aromatic N) is 3. The zero-order valence-corrected chi connectivity index (χ0v) is 17.8. The van der Waals surface area contributed by atoms with Crippen LogP contribution in [0.2, 0.25) is 0 Å². The second kappa shape index (κ2) is 9.76. The second-order valence-electron chi connectivity index (χ2n) is 6.63. The second-order valence-corrected chi connectivity index (χ2v) is 7.95. The molecule has 158 valence electrons. The van der Waals surface area contributed by atoms with Gasteiger partial charge in [-0.05, 0) is 48.9 Å². The molecule has 4 heterocycles. The highest BCUT2D eigenvalue weighted by atomic mass is 32.1. The zero-order valence-electron chi connectivity index (χ0n) is 17.0. The highest BCUT2D eigenvalue weighted by molar-refractivity contribution is 7.12. The topological polar surface area (TPSA) is 91.3 Å². The number of hydrogen-bond donors (Lipinski definition) is 0. The van der Waals surface area contributed by atoms with Crippen LogP contribution in [0.3, 0.4) is 0 Å². The fourth-order valence-electron chi connectivity index (χ4n) is 2.98. The summed E-state index contributed by atoms with van der Waals surface area (Å²) in [4.78, 5) is 37.3. The largest absolute Gasteiger partial charge is 0.429 e. The summed E-state index contributed by atoms with van der Waals surface area (Å²) in [6.45, 7) is 2.75. The Morgan fingerprint density at radius 3 is 2.09 bits per heavy atom. The Hall–Kier alpha value is -4.17. The molecule has 0 aliphatic rings. The first-order chi connectivity index (χ1) is 15.6. The predicted molar refractivity (Wildman–Crippen MR) is 122 cm³/mol. The van der Waals surface area contributed by atoms with Crippen molar-refractivity contribution in [3.05, 3.63) is 76.2 Å². The van der Waals surface area contributed by atoms with E-state index in [0.29, 0.717) is 47.2 Å². The molecule has 7 nitrogen and oxygen atoms in total. The average Bonchev–Trinajstić information content (AvgIpc) is 3.23. The Morgan fingerprint density at radius 2 is 1.41 bits per heavy atom. The maximum atomic E-state index is 10.9. The molecular formula is C24H17N3O4S. The van der Waals surface area contributed by atoms with E-state index < -0.39 is 0 Å². The third-order valence-electron chi connectivity index (χ3n) is 4.41. The molecule has 0 N–H and O–H groups in total. The van der Waals surface area contributed by atoms with Gasteiger partial charge in [-0.2, -0.15) is 0 Å². The smallest absolute Gasteiger partial charge is 0.298 e. The standard InChI is InChI=1S/C24H17N3O4S/c1-16-2-4-20(32-16)5-3-17-6-8-25-21(10-17)23-12-19(31-15-29)13-24(27-23)22-11-18(30-14-28)7-9-26-22/h2-15H,1H3/b5-3+. The van der Waals surface area contributed by atoms with E-state index in [1.165, 1.54) is 11.1 Å². The van der Waals surface area contributed by atoms with Crippen LogP contribution in [0.15, 0.2) is 60.9 Å². The van der Waals surface area contributed by atoms with Gasteiger partial charge in [-0.25, -0.2) is 4.98 Å². The van der Waals surface area contributed by atoms with Crippen molar-refractivity contribution >= 4 is 36.4 Å². The summed E-state index contributed by atoms with van der Waals surface area (Å²) >= 11 is 1.72. The van der Waals surface area contributed by atoms with Crippen LogP contribution in [-0.2, 0) is 9.59 Å². The summed E-state index contributed by atoms with van der Waals surface area (Å²) in [6.07, 6.45) is 7.24. The van der Waals surface area contributed by atoms with Gasteiger partial charge in [0.25, 0.3) is 12.9 Å². The van der Waals surface area contributed by atoms with Gasteiger partial charge in [0.05, 0.1) is 22.8 Å². The van der Waals surface area contributed by atoms with Crippen LogP contribution in [0.25, 0.3) is 34.9 Å². The van der Waals surface area contributed by atoms with E-state index >= 15 is 0 Å². The molecule has 0 spiro atoms. The van der Waals surface area contributed by atoms with Gasteiger partial charge in [0.15, 0.2) is 0 Å². The minimum absolute atomic E-state index is 0.292. The van der Waals surface area contributed by atoms with Gasteiger partial charge in [-0.15, -0.1) is 11.3 Å². The van der Waals surface area contributed by atoms with E-state index in [9.17, 15) is 9.59 Å². The lowest BCUT2D eigenvalue weighted by Crippen LogP contribution is -1.97. The van der Waals surface area contributed by atoms with E-state index in [-0.39, 0.29) is 0 Å². The summed E-state index contributed by atoms with van der Waals surface area (Å²) < 4.78 is 9.96. The van der Waals surface area contributed by atoms with E-state index in [1.54, 1.807) is 41.8 Å². The number of rotatable bonds is 8. The van der Waals surface area contributed by atoms with Gasteiger partial charge in [-0.1, -0.05) is 6.08 Å². The quantitative estimate of drug-likeness (QED) is 0.361. The van der Waals surface area contributed by atoms with Crippen molar-refractivity contribution in [3.63, 3.8) is 0 Å². The van der Waals surface area contributed by atoms with Crippen LogP contribution in [0, 0.1) is 6.92 Å². The molecule has 0 amide bonds. The molecule has 32 heavy (non-hydrogen) atoms.